The van der Waals surface area contributed by atoms with Gasteiger partial charge in [-0.15, -0.1) is 0 Å². The van der Waals surface area contributed by atoms with E-state index in [0.717, 1.165) is 37.4 Å². The van der Waals surface area contributed by atoms with Gasteiger partial charge in [-0.25, -0.2) is 9.50 Å². The van der Waals surface area contributed by atoms with Gasteiger partial charge in [-0.2, -0.15) is 5.10 Å². The van der Waals surface area contributed by atoms with Gasteiger partial charge in [-0.3, -0.25) is 4.79 Å². The number of fused-ring (bicyclic) bond motifs is 1. The first-order chi connectivity index (χ1) is 10.1. The van der Waals surface area contributed by atoms with Crippen molar-refractivity contribution in [2.45, 2.75) is 32.7 Å². The van der Waals surface area contributed by atoms with Crippen LogP contribution in [0.25, 0.3) is 5.65 Å². The fraction of sp³-hybridized carbons (Fsp3) is 0.533. The molecule has 1 N–H and O–H groups in total. The number of nitrogens with zero attached hydrogens (tertiary/aromatic N) is 4. The van der Waals surface area contributed by atoms with Crippen molar-refractivity contribution in [3.63, 3.8) is 0 Å². The van der Waals surface area contributed by atoms with E-state index in [4.69, 9.17) is 0 Å². The van der Waals surface area contributed by atoms with Crippen LogP contribution in [-0.2, 0) is 4.79 Å². The van der Waals surface area contributed by atoms with E-state index in [1.165, 1.54) is 0 Å². The molecule has 3 heterocycles. The molecular formula is C15H21N5O. The third-order valence-electron chi connectivity index (χ3n) is 3.86. The number of aromatic nitrogens is 3. The molecule has 0 spiro atoms. The zero-order chi connectivity index (χ0) is 14.8. The van der Waals surface area contributed by atoms with Crippen LogP contribution in [0.15, 0.2) is 24.5 Å². The van der Waals surface area contributed by atoms with Crippen LogP contribution in [-0.4, -0.2) is 39.6 Å². The average Bonchev–Trinajstić information content (AvgIpc) is 2.94. The van der Waals surface area contributed by atoms with E-state index in [9.17, 15) is 4.79 Å². The summed E-state index contributed by atoms with van der Waals surface area (Å²) in [6.45, 7) is 5.73. The molecule has 0 bridgehead atoms. The molecule has 112 valence electrons. The second kappa shape index (κ2) is 5.71. The lowest BCUT2D eigenvalue weighted by Gasteiger charge is -2.32. The van der Waals surface area contributed by atoms with Crippen LogP contribution < -0.4 is 10.2 Å². The van der Waals surface area contributed by atoms with Gasteiger partial charge in [-0.05, 0) is 32.8 Å². The molecule has 6 heteroatoms. The second-order valence-electron chi connectivity index (χ2n) is 5.84. The number of carbonyl (C=O) groups is 1. The lowest BCUT2D eigenvalue weighted by atomic mass is 9.95. The molecule has 0 saturated carbocycles. The van der Waals surface area contributed by atoms with Crippen molar-refractivity contribution in [2.24, 2.45) is 5.92 Å². The van der Waals surface area contributed by atoms with E-state index in [-0.39, 0.29) is 17.9 Å². The molecule has 0 atom stereocenters. The van der Waals surface area contributed by atoms with Crippen molar-refractivity contribution < 1.29 is 4.79 Å². The van der Waals surface area contributed by atoms with E-state index in [1.54, 1.807) is 10.7 Å². The minimum Gasteiger partial charge on any atom is -0.356 e. The van der Waals surface area contributed by atoms with Crippen LogP contribution in [0.4, 0.5) is 5.82 Å². The molecule has 3 rings (SSSR count). The van der Waals surface area contributed by atoms with Gasteiger partial charge in [0.25, 0.3) is 0 Å². The molecule has 0 aromatic carbocycles. The van der Waals surface area contributed by atoms with Gasteiger partial charge in [0.1, 0.15) is 5.82 Å². The van der Waals surface area contributed by atoms with Crippen molar-refractivity contribution in [1.82, 2.24) is 19.9 Å². The number of rotatable bonds is 3. The molecule has 6 nitrogen and oxygen atoms in total. The highest BCUT2D eigenvalue weighted by atomic mass is 16.1. The Bertz CT molecular complexity index is 628. The zero-order valence-corrected chi connectivity index (χ0v) is 12.5. The van der Waals surface area contributed by atoms with E-state index in [1.807, 2.05) is 32.2 Å². The largest absolute Gasteiger partial charge is 0.356 e. The Balaban J connectivity index is 1.63. The average molecular weight is 287 g/mol. The monoisotopic (exact) mass is 287 g/mol. The maximum atomic E-state index is 12.0. The summed E-state index contributed by atoms with van der Waals surface area (Å²) in [5.41, 5.74) is 0.854. The number of amides is 1. The molecule has 2 aromatic rings. The molecule has 1 saturated heterocycles. The Labute approximate surface area is 124 Å². The molecule has 1 aliphatic heterocycles. The van der Waals surface area contributed by atoms with Crippen molar-refractivity contribution in [3.8, 4) is 0 Å². The van der Waals surface area contributed by atoms with Gasteiger partial charge in [0.2, 0.25) is 5.91 Å². The molecule has 1 aliphatic rings. The molecule has 0 radical (unpaired) electrons. The maximum absolute atomic E-state index is 12.0. The molecule has 2 aromatic heterocycles. The number of piperidine rings is 1. The summed E-state index contributed by atoms with van der Waals surface area (Å²) in [6, 6.07) is 4.09. The van der Waals surface area contributed by atoms with Gasteiger partial charge < -0.3 is 10.2 Å². The third kappa shape index (κ3) is 2.99. The quantitative estimate of drug-likeness (QED) is 0.928. The van der Waals surface area contributed by atoms with E-state index < -0.39 is 0 Å². The minimum absolute atomic E-state index is 0.127. The smallest absolute Gasteiger partial charge is 0.223 e. The number of anilines is 1. The van der Waals surface area contributed by atoms with E-state index in [2.05, 4.69) is 20.3 Å². The van der Waals surface area contributed by atoms with E-state index in [0.29, 0.717) is 0 Å². The summed E-state index contributed by atoms with van der Waals surface area (Å²) >= 11 is 0. The highest BCUT2D eigenvalue weighted by molar-refractivity contribution is 5.79. The zero-order valence-electron chi connectivity index (χ0n) is 12.5. The Morgan fingerprint density at radius 1 is 1.33 bits per heavy atom. The molecular weight excluding hydrogens is 266 g/mol. The summed E-state index contributed by atoms with van der Waals surface area (Å²) in [4.78, 5) is 18.9. The first kappa shape index (κ1) is 13.9. The summed E-state index contributed by atoms with van der Waals surface area (Å²) in [5, 5.41) is 7.15. The van der Waals surface area contributed by atoms with Gasteiger partial charge in [0.05, 0.1) is 6.20 Å². The Morgan fingerprint density at radius 3 is 2.81 bits per heavy atom. The summed E-state index contributed by atoms with van der Waals surface area (Å²) < 4.78 is 1.76. The Hall–Kier alpha value is -2.11. The number of hydrogen-bond donors (Lipinski definition) is 1. The first-order valence-electron chi connectivity index (χ1n) is 7.49. The molecule has 1 amide bonds. The van der Waals surface area contributed by atoms with Crippen LogP contribution in [0.3, 0.4) is 0 Å². The van der Waals surface area contributed by atoms with Crippen LogP contribution in [0.5, 0.6) is 0 Å². The normalized spacial score (nSPS) is 16.6. The lowest BCUT2D eigenvalue weighted by molar-refractivity contribution is -0.126. The standard InChI is InChI=1S/C15H21N5O/c1-11(2)17-15(21)12-4-8-19(9-5-12)13-6-10-20-14(18-13)3-7-16-20/h3,6-7,10-12H,4-5,8-9H2,1-2H3,(H,17,21). The topological polar surface area (TPSA) is 62.5 Å². The van der Waals surface area contributed by atoms with Crippen molar-refractivity contribution in [2.75, 3.05) is 18.0 Å². The Kier molecular flexibility index (Phi) is 3.77. The predicted octanol–water partition coefficient (Wildman–Crippen LogP) is 1.47. The van der Waals surface area contributed by atoms with Crippen LogP contribution in [0.2, 0.25) is 0 Å². The summed E-state index contributed by atoms with van der Waals surface area (Å²) in [5.74, 6) is 1.27. The number of hydrogen-bond acceptors (Lipinski definition) is 4. The SMILES string of the molecule is CC(C)NC(=O)C1CCN(c2ccn3nccc3n2)CC1. The van der Waals surface area contributed by atoms with Gasteiger partial charge in [-0.1, -0.05) is 0 Å². The molecule has 0 aliphatic carbocycles. The number of carbonyl (C=O) groups excluding carboxylic acids is 1. The second-order valence-corrected chi connectivity index (χ2v) is 5.84. The van der Waals surface area contributed by atoms with Gasteiger partial charge in [0.15, 0.2) is 5.65 Å². The molecule has 0 unspecified atom stereocenters. The third-order valence-corrected chi connectivity index (χ3v) is 3.86. The van der Waals surface area contributed by atoms with Crippen molar-refractivity contribution >= 4 is 17.4 Å². The predicted molar refractivity (Wildman–Crippen MR) is 81.2 cm³/mol. The van der Waals surface area contributed by atoms with Crippen LogP contribution >= 0.6 is 0 Å². The Morgan fingerprint density at radius 2 is 2.10 bits per heavy atom. The fourth-order valence-electron chi connectivity index (χ4n) is 2.75. The summed E-state index contributed by atoms with van der Waals surface area (Å²) in [6.07, 6.45) is 5.43. The minimum atomic E-state index is 0.127. The number of nitrogens with one attached hydrogen (secondary N) is 1. The molecule has 1 fully saturated rings. The maximum Gasteiger partial charge on any atom is 0.223 e. The lowest BCUT2D eigenvalue weighted by Crippen LogP contribution is -2.42. The van der Waals surface area contributed by atoms with Crippen LogP contribution in [0, 0.1) is 5.92 Å². The fourth-order valence-corrected chi connectivity index (χ4v) is 2.75. The first-order valence-corrected chi connectivity index (χ1v) is 7.49. The van der Waals surface area contributed by atoms with Crippen molar-refractivity contribution in [1.29, 1.82) is 0 Å². The highest BCUT2D eigenvalue weighted by Gasteiger charge is 2.25. The van der Waals surface area contributed by atoms with Gasteiger partial charge >= 0.3 is 0 Å². The summed E-state index contributed by atoms with van der Waals surface area (Å²) in [7, 11) is 0. The van der Waals surface area contributed by atoms with Gasteiger partial charge in [0, 0.05) is 37.3 Å². The van der Waals surface area contributed by atoms with Crippen LogP contribution in [0.1, 0.15) is 26.7 Å². The van der Waals surface area contributed by atoms with Crippen molar-refractivity contribution in [3.05, 3.63) is 24.5 Å². The molecule has 21 heavy (non-hydrogen) atoms. The highest BCUT2D eigenvalue weighted by Crippen LogP contribution is 2.22. The van der Waals surface area contributed by atoms with E-state index >= 15 is 0 Å².